The maximum atomic E-state index is 10.2. The summed E-state index contributed by atoms with van der Waals surface area (Å²) in [6, 6.07) is 1.82. The molecule has 0 saturated carbocycles. The van der Waals surface area contributed by atoms with Crippen molar-refractivity contribution < 1.29 is 9.90 Å². The lowest BCUT2D eigenvalue weighted by Gasteiger charge is -2.11. The molecule has 15 heavy (non-hydrogen) atoms. The fraction of sp³-hybridized carbons (Fsp3) is 0.333. The number of nitrogens with zero attached hydrogens (tertiary/aromatic N) is 1. The molecule has 0 bridgehead atoms. The third-order valence-electron chi connectivity index (χ3n) is 1.75. The van der Waals surface area contributed by atoms with Crippen LogP contribution in [0.1, 0.15) is 0 Å². The van der Waals surface area contributed by atoms with Crippen LogP contribution in [0.4, 0.5) is 11.5 Å². The monoisotopic (exact) mass is 273 g/mol. The molecule has 5 nitrogen and oxygen atoms in total. The molecule has 0 radical (unpaired) electrons. The number of hydrogen-bond acceptors (Lipinski definition) is 5. The number of aliphatic hydroxyl groups is 1. The van der Waals surface area contributed by atoms with E-state index in [-0.39, 0.29) is 6.54 Å². The third-order valence-corrected chi connectivity index (χ3v) is 2.18. The number of carbonyl (C=O) groups is 1. The molecule has 0 aliphatic carbocycles. The van der Waals surface area contributed by atoms with Crippen LogP contribution in [0.25, 0.3) is 0 Å². The summed E-state index contributed by atoms with van der Waals surface area (Å²) in [5.41, 5.74) is 0.729. The topological polar surface area (TPSA) is 74.2 Å². The molecule has 1 aromatic rings. The van der Waals surface area contributed by atoms with Crippen LogP contribution < -0.4 is 10.6 Å². The van der Waals surface area contributed by atoms with Gasteiger partial charge in [0.05, 0.1) is 5.69 Å². The van der Waals surface area contributed by atoms with Crippen LogP contribution in [0, 0.1) is 0 Å². The highest BCUT2D eigenvalue weighted by molar-refractivity contribution is 9.10. The minimum atomic E-state index is -1.01. The van der Waals surface area contributed by atoms with Gasteiger partial charge in [-0.15, -0.1) is 0 Å². The molecule has 1 heterocycles. The van der Waals surface area contributed by atoms with Crippen LogP contribution in [0.3, 0.4) is 0 Å². The summed E-state index contributed by atoms with van der Waals surface area (Å²) < 4.78 is 0.824. The fourth-order valence-corrected chi connectivity index (χ4v) is 1.37. The lowest BCUT2D eigenvalue weighted by Crippen LogP contribution is -2.21. The van der Waals surface area contributed by atoms with Crippen LogP contribution in [0.2, 0.25) is 0 Å². The van der Waals surface area contributed by atoms with E-state index in [1.54, 1.807) is 13.2 Å². The molecule has 6 heteroatoms. The van der Waals surface area contributed by atoms with E-state index in [1.165, 1.54) is 0 Å². The maximum Gasteiger partial charge on any atom is 0.150 e. The average molecular weight is 274 g/mol. The Morgan fingerprint density at radius 2 is 2.47 bits per heavy atom. The van der Waals surface area contributed by atoms with Gasteiger partial charge in [0.15, 0.2) is 0 Å². The number of anilines is 2. The second-order valence-corrected chi connectivity index (χ2v) is 3.80. The second-order valence-electron chi connectivity index (χ2n) is 2.88. The predicted molar refractivity (Wildman–Crippen MR) is 62.0 cm³/mol. The van der Waals surface area contributed by atoms with Gasteiger partial charge in [-0.25, -0.2) is 4.98 Å². The molecule has 0 saturated heterocycles. The number of nitrogens with one attached hydrogen (secondary N) is 2. The van der Waals surface area contributed by atoms with Crippen molar-refractivity contribution in [3.8, 4) is 0 Å². The molecule has 1 unspecified atom stereocenters. The normalized spacial score (nSPS) is 11.9. The van der Waals surface area contributed by atoms with Crippen molar-refractivity contribution in [1.29, 1.82) is 0 Å². The van der Waals surface area contributed by atoms with Crippen molar-refractivity contribution in [2.24, 2.45) is 0 Å². The molecule has 0 fully saturated rings. The number of aliphatic hydroxyl groups excluding tert-OH is 1. The van der Waals surface area contributed by atoms with E-state index in [0.29, 0.717) is 12.1 Å². The first kappa shape index (κ1) is 11.9. The number of aldehydes is 1. The molecule has 3 N–H and O–H groups in total. The Kier molecular flexibility index (Phi) is 4.51. The standard InChI is InChI=1S/C9H12BrN3O2/c1-11-9-8(2-6(10)3-13-9)12-4-7(15)5-14/h2-3,5,7,12,15H,4H2,1H3,(H,11,13). The van der Waals surface area contributed by atoms with Gasteiger partial charge < -0.3 is 20.5 Å². The molecular formula is C9H12BrN3O2. The van der Waals surface area contributed by atoms with E-state index >= 15 is 0 Å². The molecule has 0 amide bonds. The largest absolute Gasteiger partial charge is 0.384 e. The van der Waals surface area contributed by atoms with Gasteiger partial charge in [0.1, 0.15) is 18.2 Å². The molecule has 0 aromatic carbocycles. The lowest BCUT2D eigenvalue weighted by molar-refractivity contribution is -0.114. The predicted octanol–water partition coefficient (Wildman–Crippen LogP) is 0.857. The van der Waals surface area contributed by atoms with Crippen LogP contribution in [-0.4, -0.2) is 36.1 Å². The van der Waals surface area contributed by atoms with E-state index in [2.05, 4.69) is 31.5 Å². The number of aromatic nitrogens is 1. The summed E-state index contributed by atoms with van der Waals surface area (Å²) >= 11 is 3.29. The first-order chi connectivity index (χ1) is 7.17. The minimum absolute atomic E-state index is 0.163. The Hall–Kier alpha value is -1.14. The summed E-state index contributed by atoms with van der Waals surface area (Å²) in [6.45, 7) is 0.163. The second kappa shape index (κ2) is 5.67. The van der Waals surface area contributed by atoms with Gasteiger partial charge >= 0.3 is 0 Å². The van der Waals surface area contributed by atoms with Gasteiger partial charge in [-0.3, -0.25) is 0 Å². The zero-order chi connectivity index (χ0) is 11.3. The van der Waals surface area contributed by atoms with Crippen LogP contribution in [0.5, 0.6) is 0 Å². The quantitative estimate of drug-likeness (QED) is 0.694. The summed E-state index contributed by atoms with van der Waals surface area (Å²) in [6.07, 6.45) is 1.14. The third kappa shape index (κ3) is 3.49. The molecule has 1 atom stereocenters. The molecule has 1 aromatic heterocycles. The van der Waals surface area contributed by atoms with Gasteiger partial charge in [0.25, 0.3) is 0 Å². The van der Waals surface area contributed by atoms with E-state index in [9.17, 15) is 4.79 Å². The number of carbonyl (C=O) groups excluding carboxylic acids is 1. The number of rotatable bonds is 5. The molecule has 1 rings (SSSR count). The van der Waals surface area contributed by atoms with Crippen LogP contribution in [0.15, 0.2) is 16.7 Å². The zero-order valence-electron chi connectivity index (χ0n) is 8.20. The van der Waals surface area contributed by atoms with E-state index < -0.39 is 6.10 Å². The van der Waals surface area contributed by atoms with Crippen LogP contribution in [-0.2, 0) is 4.79 Å². The van der Waals surface area contributed by atoms with E-state index in [4.69, 9.17) is 5.11 Å². The Morgan fingerprint density at radius 1 is 1.73 bits per heavy atom. The fourth-order valence-electron chi connectivity index (χ4n) is 1.04. The Labute approximate surface area is 96.0 Å². The van der Waals surface area contributed by atoms with Crippen molar-refractivity contribution in [3.63, 3.8) is 0 Å². The smallest absolute Gasteiger partial charge is 0.150 e. The average Bonchev–Trinajstić information content (AvgIpc) is 2.26. The van der Waals surface area contributed by atoms with E-state index in [1.807, 2.05) is 6.07 Å². The highest BCUT2D eigenvalue weighted by atomic mass is 79.9. The first-order valence-electron chi connectivity index (χ1n) is 4.38. The molecular weight excluding hydrogens is 262 g/mol. The number of halogens is 1. The van der Waals surface area contributed by atoms with E-state index in [0.717, 1.165) is 10.2 Å². The minimum Gasteiger partial charge on any atom is -0.384 e. The summed E-state index contributed by atoms with van der Waals surface area (Å²) in [5, 5.41) is 14.9. The Bertz CT molecular complexity index is 346. The summed E-state index contributed by atoms with van der Waals surface area (Å²) in [7, 11) is 1.75. The summed E-state index contributed by atoms with van der Waals surface area (Å²) in [5.74, 6) is 0.663. The molecule has 0 aliphatic rings. The molecule has 82 valence electrons. The lowest BCUT2D eigenvalue weighted by atomic mass is 10.3. The van der Waals surface area contributed by atoms with Gasteiger partial charge in [0.2, 0.25) is 0 Å². The molecule has 0 spiro atoms. The highest BCUT2D eigenvalue weighted by Gasteiger charge is 2.05. The summed E-state index contributed by atoms with van der Waals surface area (Å²) in [4.78, 5) is 14.3. The van der Waals surface area contributed by atoms with Crippen molar-refractivity contribution >= 4 is 33.7 Å². The van der Waals surface area contributed by atoms with Crippen LogP contribution >= 0.6 is 15.9 Å². The van der Waals surface area contributed by atoms with Crippen molar-refractivity contribution in [1.82, 2.24) is 4.98 Å². The first-order valence-corrected chi connectivity index (χ1v) is 5.17. The Balaban J connectivity index is 2.73. The van der Waals surface area contributed by atoms with Gasteiger partial charge in [0, 0.05) is 24.3 Å². The highest BCUT2D eigenvalue weighted by Crippen LogP contribution is 2.22. The van der Waals surface area contributed by atoms with Gasteiger partial charge in [-0.2, -0.15) is 0 Å². The van der Waals surface area contributed by atoms with Crippen molar-refractivity contribution in [3.05, 3.63) is 16.7 Å². The Morgan fingerprint density at radius 3 is 3.07 bits per heavy atom. The SMILES string of the molecule is CNc1ncc(Br)cc1NCC(O)C=O. The van der Waals surface area contributed by atoms with Gasteiger partial charge in [-0.05, 0) is 22.0 Å². The van der Waals surface area contributed by atoms with Crippen molar-refractivity contribution in [2.45, 2.75) is 6.10 Å². The number of hydrogen-bond donors (Lipinski definition) is 3. The van der Waals surface area contributed by atoms with Gasteiger partial charge in [-0.1, -0.05) is 0 Å². The number of pyridine rings is 1. The maximum absolute atomic E-state index is 10.2. The van der Waals surface area contributed by atoms with Crippen molar-refractivity contribution in [2.75, 3.05) is 24.2 Å². The zero-order valence-corrected chi connectivity index (χ0v) is 9.78. The molecule has 0 aliphatic heterocycles.